The summed E-state index contributed by atoms with van der Waals surface area (Å²) in [7, 11) is 0. The van der Waals surface area contributed by atoms with E-state index >= 15 is 4.39 Å². The molecule has 0 bridgehead atoms. The van der Waals surface area contributed by atoms with Crippen LogP contribution in [0.3, 0.4) is 0 Å². The first-order valence-electron chi connectivity index (χ1n) is 10.8. The van der Waals surface area contributed by atoms with Crippen LogP contribution < -0.4 is 5.32 Å². The van der Waals surface area contributed by atoms with Gasteiger partial charge in [0.15, 0.2) is 6.10 Å². The SMILES string of the molecule is CC1(c2ccc3cc(-c4ccc(C5=NO[C@@H](Cn6ccnn6)C5)cc4F)ccn23)CNC1. The first kappa shape index (κ1) is 19.2. The molecule has 6 rings (SSSR count). The molecule has 7 nitrogen and oxygen atoms in total. The summed E-state index contributed by atoms with van der Waals surface area (Å²) in [5.74, 6) is -0.267. The molecule has 4 aromatic rings. The second-order valence-corrected chi connectivity index (χ2v) is 8.88. The minimum atomic E-state index is -0.267. The highest BCUT2D eigenvalue weighted by Gasteiger charge is 2.35. The van der Waals surface area contributed by atoms with Gasteiger partial charge in [0.1, 0.15) is 5.82 Å². The van der Waals surface area contributed by atoms with Gasteiger partial charge in [-0.3, -0.25) is 0 Å². The summed E-state index contributed by atoms with van der Waals surface area (Å²) >= 11 is 0. The zero-order valence-electron chi connectivity index (χ0n) is 17.7. The molecule has 0 unspecified atom stereocenters. The molecule has 5 heterocycles. The van der Waals surface area contributed by atoms with Gasteiger partial charge in [0.25, 0.3) is 0 Å². The number of halogens is 1. The smallest absolute Gasteiger partial charge is 0.152 e. The Balaban J connectivity index is 1.23. The first-order valence-corrected chi connectivity index (χ1v) is 10.8. The summed E-state index contributed by atoms with van der Waals surface area (Å²) in [6, 6.07) is 13.6. The zero-order chi connectivity index (χ0) is 21.7. The van der Waals surface area contributed by atoms with Crippen LogP contribution in [0.4, 0.5) is 4.39 Å². The monoisotopic (exact) mass is 430 g/mol. The number of benzene rings is 1. The van der Waals surface area contributed by atoms with Gasteiger partial charge in [0.05, 0.1) is 18.5 Å². The average Bonchev–Trinajstić information content (AvgIpc) is 3.53. The molecule has 1 atom stereocenters. The van der Waals surface area contributed by atoms with Crippen molar-refractivity contribution in [3.05, 3.63) is 78.1 Å². The van der Waals surface area contributed by atoms with Crippen LogP contribution in [0.2, 0.25) is 0 Å². The van der Waals surface area contributed by atoms with E-state index in [1.165, 1.54) is 5.69 Å². The Morgan fingerprint density at radius 1 is 1.12 bits per heavy atom. The van der Waals surface area contributed by atoms with Crippen molar-refractivity contribution in [2.45, 2.75) is 31.4 Å². The molecular weight excluding hydrogens is 407 g/mol. The number of pyridine rings is 1. The lowest BCUT2D eigenvalue weighted by atomic mass is 9.81. The summed E-state index contributed by atoms with van der Waals surface area (Å²) in [5.41, 5.74) is 5.42. The van der Waals surface area contributed by atoms with Crippen LogP contribution in [0.25, 0.3) is 16.6 Å². The predicted molar refractivity (Wildman–Crippen MR) is 119 cm³/mol. The summed E-state index contributed by atoms with van der Waals surface area (Å²) in [5, 5.41) is 15.3. The number of hydrogen-bond donors (Lipinski definition) is 1. The molecule has 3 aromatic heterocycles. The molecule has 0 saturated carbocycles. The number of nitrogens with one attached hydrogen (secondary N) is 1. The highest BCUT2D eigenvalue weighted by Crippen LogP contribution is 2.32. The van der Waals surface area contributed by atoms with E-state index in [0.29, 0.717) is 18.5 Å². The van der Waals surface area contributed by atoms with Crippen LogP contribution in [0, 0.1) is 5.82 Å². The van der Waals surface area contributed by atoms with Gasteiger partial charge in [-0.25, -0.2) is 9.07 Å². The van der Waals surface area contributed by atoms with Crippen molar-refractivity contribution in [1.29, 1.82) is 0 Å². The van der Waals surface area contributed by atoms with E-state index < -0.39 is 0 Å². The first-order chi connectivity index (χ1) is 15.6. The fourth-order valence-corrected chi connectivity index (χ4v) is 4.62. The molecule has 162 valence electrons. The number of nitrogens with zero attached hydrogens (tertiary/aromatic N) is 5. The maximum Gasteiger partial charge on any atom is 0.152 e. The normalized spacial score (nSPS) is 19.6. The van der Waals surface area contributed by atoms with Gasteiger partial charge < -0.3 is 14.6 Å². The Kier molecular flexibility index (Phi) is 4.36. The Labute approximate surface area is 184 Å². The average molecular weight is 430 g/mol. The zero-order valence-corrected chi connectivity index (χ0v) is 17.7. The molecule has 32 heavy (non-hydrogen) atoms. The van der Waals surface area contributed by atoms with Crippen LogP contribution >= 0.6 is 0 Å². The van der Waals surface area contributed by atoms with Gasteiger partial charge in [-0.15, -0.1) is 5.10 Å². The van der Waals surface area contributed by atoms with Crippen molar-refractivity contribution in [3.63, 3.8) is 0 Å². The standard InChI is InChI=1S/C24H23FN6O/c1-24(14-26-15-24)23-5-3-18-10-16(6-8-31(18)23)20-4-2-17(11-21(20)25)22-12-19(32-28-22)13-30-9-7-27-29-30/h2-11,19,26H,12-15H2,1H3/t19-/m1/s1. The van der Waals surface area contributed by atoms with E-state index in [-0.39, 0.29) is 17.3 Å². The lowest BCUT2D eigenvalue weighted by molar-refractivity contribution is 0.0693. The van der Waals surface area contributed by atoms with Crippen LogP contribution in [0.15, 0.2) is 66.2 Å². The quantitative estimate of drug-likeness (QED) is 0.527. The van der Waals surface area contributed by atoms with Crippen molar-refractivity contribution >= 4 is 11.2 Å². The van der Waals surface area contributed by atoms with Crippen LogP contribution in [0.5, 0.6) is 0 Å². The number of aromatic nitrogens is 4. The third kappa shape index (κ3) is 3.18. The van der Waals surface area contributed by atoms with Gasteiger partial charge in [-0.05, 0) is 35.9 Å². The lowest BCUT2D eigenvalue weighted by Crippen LogP contribution is -2.55. The van der Waals surface area contributed by atoms with Crippen LogP contribution in [0.1, 0.15) is 24.6 Å². The molecule has 2 aliphatic heterocycles. The second-order valence-electron chi connectivity index (χ2n) is 8.88. The molecule has 1 aromatic carbocycles. The number of rotatable bonds is 5. The van der Waals surface area contributed by atoms with E-state index in [2.05, 4.69) is 44.2 Å². The maximum absolute atomic E-state index is 15.1. The van der Waals surface area contributed by atoms with Gasteiger partial charge in [0, 0.05) is 59.7 Å². The third-order valence-corrected chi connectivity index (χ3v) is 6.51. The molecular formula is C24H23FN6O. The van der Waals surface area contributed by atoms with Gasteiger partial charge in [-0.2, -0.15) is 0 Å². The molecule has 1 fully saturated rings. The Morgan fingerprint density at radius 3 is 2.78 bits per heavy atom. The lowest BCUT2D eigenvalue weighted by Gasteiger charge is -2.39. The number of fused-ring (bicyclic) bond motifs is 1. The topological polar surface area (TPSA) is 68.7 Å². The molecule has 0 amide bonds. The second kappa shape index (κ2) is 7.27. The molecule has 0 radical (unpaired) electrons. The summed E-state index contributed by atoms with van der Waals surface area (Å²) < 4.78 is 19.0. The molecule has 8 heteroatoms. The Morgan fingerprint density at radius 2 is 2.03 bits per heavy atom. The Bertz CT molecular complexity index is 1320. The van der Waals surface area contributed by atoms with Crippen LogP contribution in [-0.2, 0) is 16.8 Å². The van der Waals surface area contributed by atoms with E-state index in [1.54, 1.807) is 23.1 Å². The minimum absolute atomic E-state index is 0.131. The number of hydrogen-bond acceptors (Lipinski definition) is 5. The summed E-state index contributed by atoms with van der Waals surface area (Å²) in [4.78, 5) is 5.51. The Hall–Kier alpha value is -3.52. The van der Waals surface area contributed by atoms with Crippen molar-refractivity contribution in [2.24, 2.45) is 5.16 Å². The molecule has 0 spiro atoms. The van der Waals surface area contributed by atoms with E-state index in [0.717, 1.165) is 35.4 Å². The van der Waals surface area contributed by atoms with E-state index in [9.17, 15) is 0 Å². The van der Waals surface area contributed by atoms with Gasteiger partial charge >= 0.3 is 0 Å². The summed E-state index contributed by atoms with van der Waals surface area (Å²) in [6.07, 6.45) is 5.92. The fourth-order valence-electron chi connectivity index (χ4n) is 4.62. The number of oxime groups is 1. The maximum atomic E-state index is 15.1. The van der Waals surface area contributed by atoms with Gasteiger partial charge in [0.2, 0.25) is 0 Å². The fraction of sp³-hybridized carbons (Fsp3) is 0.292. The largest absolute Gasteiger partial charge is 0.390 e. The summed E-state index contributed by atoms with van der Waals surface area (Å²) in [6.45, 7) is 4.78. The molecule has 2 aliphatic rings. The molecule has 1 saturated heterocycles. The van der Waals surface area contributed by atoms with Crippen LogP contribution in [-0.4, -0.2) is 44.3 Å². The van der Waals surface area contributed by atoms with Crippen molar-refractivity contribution in [1.82, 2.24) is 24.7 Å². The van der Waals surface area contributed by atoms with E-state index in [4.69, 9.17) is 4.84 Å². The van der Waals surface area contributed by atoms with E-state index in [1.807, 2.05) is 30.5 Å². The predicted octanol–water partition coefficient (Wildman–Crippen LogP) is 3.39. The van der Waals surface area contributed by atoms with Gasteiger partial charge in [-0.1, -0.05) is 29.4 Å². The minimum Gasteiger partial charge on any atom is -0.390 e. The highest BCUT2D eigenvalue weighted by molar-refractivity contribution is 6.01. The van der Waals surface area contributed by atoms with Crippen molar-refractivity contribution < 1.29 is 9.23 Å². The molecule has 1 N–H and O–H groups in total. The van der Waals surface area contributed by atoms with Crippen molar-refractivity contribution in [3.8, 4) is 11.1 Å². The molecule has 0 aliphatic carbocycles. The third-order valence-electron chi connectivity index (χ3n) is 6.51. The highest BCUT2D eigenvalue weighted by atomic mass is 19.1. The van der Waals surface area contributed by atoms with Crippen molar-refractivity contribution in [2.75, 3.05) is 13.1 Å².